The fourth-order valence-electron chi connectivity index (χ4n) is 4.59. The van der Waals surface area contributed by atoms with Gasteiger partial charge in [-0.15, -0.1) is 0 Å². The van der Waals surface area contributed by atoms with E-state index in [1.54, 1.807) is 13.0 Å². The third-order valence-corrected chi connectivity index (χ3v) is 6.31. The second-order valence-electron chi connectivity index (χ2n) is 8.74. The van der Waals surface area contributed by atoms with Gasteiger partial charge in [0.15, 0.2) is 11.5 Å². The molecule has 3 aromatic heterocycles. The average molecular weight is 454 g/mol. The maximum absolute atomic E-state index is 12.9. The molecule has 3 aromatic rings. The van der Waals surface area contributed by atoms with Crippen molar-refractivity contribution in [2.45, 2.75) is 40.5 Å². The van der Waals surface area contributed by atoms with Crippen LogP contribution in [0, 0.1) is 27.7 Å². The second-order valence-corrected chi connectivity index (χ2v) is 8.74. The molecule has 1 N–H and O–H groups in total. The van der Waals surface area contributed by atoms with Gasteiger partial charge in [0.25, 0.3) is 0 Å². The normalized spacial score (nSPS) is 14.8. The lowest BCUT2D eigenvalue weighted by Crippen LogP contribution is -2.50. The molecule has 0 radical (unpaired) electrons. The summed E-state index contributed by atoms with van der Waals surface area (Å²) in [6.07, 6.45) is 1.10. The summed E-state index contributed by atoms with van der Waals surface area (Å²) >= 11 is 0. The largest absolute Gasteiger partial charge is 0.360 e. The van der Waals surface area contributed by atoms with E-state index in [4.69, 9.17) is 9.51 Å². The maximum atomic E-state index is 12.9. The van der Waals surface area contributed by atoms with Gasteiger partial charge in [0.2, 0.25) is 11.8 Å². The van der Waals surface area contributed by atoms with Crippen molar-refractivity contribution in [2.24, 2.45) is 7.05 Å². The first-order chi connectivity index (χ1) is 15.7. The van der Waals surface area contributed by atoms with Gasteiger partial charge in [0.1, 0.15) is 5.76 Å². The zero-order valence-corrected chi connectivity index (χ0v) is 19.9. The number of piperazine rings is 1. The topological polar surface area (TPSA) is 109 Å². The van der Waals surface area contributed by atoms with E-state index in [0.29, 0.717) is 50.6 Å². The lowest BCUT2D eigenvalue weighted by molar-refractivity contribution is -0.133. The molecule has 0 bridgehead atoms. The molecule has 4 rings (SSSR count). The zero-order chi connectivity index (χ0) is 23.7. The summed E-state index contributed by atoms with van der Waals surface area (Å²) < 4.78 is 6.77. The van der Waals surface area contributed by atoms with E-state index < -0.39 is 0 Å². The van der Waals surface area contributed by atoms with Gasteiger partial charge in [0.05, 0.1) is 12.2 Å². The molecule has 0 spiro atoms. The fourth-order valence-corrected chi connectivity index (χ4v) is 4.59. The Bertz CT molecular complexity index is 1190. The standard InChI is InChI=1S/C23H31N7O3/c1-14-12-19(27-33-14)25-20(31)13-29-8-10-30(11-9-29)21(32)7-6-18-15(2)22-17(4)26-28(5)23(22)24-16(18)3/h12H,6-11,13H2,1-5H3,(H,25,27,31). The molecule has 0 aliphatic carbocycles. The van der Waals surface area contributed by atoms with E-state index in [1.165, 1.54) is 0 Å². The van der Waals surface area contributed by atoms with Crippen LogP contribution in [0.4, 0.5) is 5.82 Å². The summed E-state index contributed by atoms with van der Waals surface area (Å²) in [4.78, 5) is 33.8. The molecule has 0 unspecified atom stereocenters. The number of aromatic nitrogens is 4. The van der Waals surface area contributed by atoms with Crippen LogP contribution >= 0.6 is 0 Å². The number of pyridine rings is 1. The van der Waals surface area contributed by atoms with E-state index in [1.807, 2.05) is 35.4 Å². The van der Waals surface area contributed by atoms with Crippen molar-refractivity contribution < 1.29 is 14.1 Å². The van der Waals surface area contributed by atoms with Crippen LogP contribution in [-0.2, 0) is 23.1 Å². The van der Waals surface area contributed by atoms with Crippen molar-refractivity contribution in [2.75, 3.05) is 38.0 Å². The highest BCUT2D eigenvalue weighted by Gasteiger charge is 2.23. The van der Waals surface area contributed by atoms with Crippen molar-refractivity contribution in [3.8, 4) is 0 Å². The van der Waals surface area contributed by atoms with Gasteiger partial charge in [-0.3, -0.25) is 19.2 Å². The number of hydrogen-bond acceptors (Lipinski definition) is 7. The van der Waals surface area contributed by atoms with Crippen molar-refractivity contribution in [1.29, 1.82) is 0 Å². The highest BCUT2D eigenvalue weighted by atomic mass is 16.5. The van der Waals surface area contributed by atoms with E-state index >= 15 is 0 Å². The minimum Gasteiger partial charge on any atom is -0.360 e. The van der Waals surface area contributed by atoms with Gasteiger partial charge in [-0.2, -0.15) is 5.10 Å². The third kappa shape index (κ3) is 4.90. The summed E-state index contributed by atoms with van der Waals surface area (Å²) in [5.74, 6) is 1.07. The van der Waals surface area contributed by atoms with Gasteiger partial charge in [0, 0.05) is 56.8 Å². The second kappa shape index (κ2) is 9.30. The lowest BCUT2D eigenvalue weighted by Gasteiger charge is -2.34. The summed E-state index contributed by atoms with van der Waals surface area (Å²) in [5, 5.41) is 12.1. The Hall–Kier alpha value is -3.27. The van der Waals surface area contributed by atoms with Crippen LogP contribution in [0.2, 0.25) is 0 Å². The Labute approximate surface area is 192 Å². The minimum absolute atomic E-state index is 0.136. The molecule has 1 saturated heterocycles. The highest BCUT2D eigenvalue weighted by Crippen LogP contribution is 2.26. The van der Waals surface area contributed by atoms with Crippen LogP contribution in [0.3, 0.4) is 0 Å². The Morgan fingerprint density at radius 1 is 1.09 bits per heavy atom. The summed E-state index contributed by atoms with van der Waals surface area (Å²) in [6, 6.07) is 1.68. The molecule has 1 fully saturated rings. The van der Waals surface area contributed by atoms with Gasteiger partial charge in [-0.05, 0) is 45.2 Å². The first-order valence-electron chi connectivity index (χ1n) is 11.3. The van der Waals surface area contributed by atoms with E-state index in [-0.39, 0.29) is 18.4 Å². The quantitative estimate of drug-likeness (QED) is 0.607. The molecule has 0 saturated carbocycles. The molecule has 10 nitrogen and oxygen atoms in total. The van der Waals surface area contributed by atoms with Crippen LogP contribution in [0.15, 0.2) is 10.6 Å². The minimum atomic E-state index is -0.136. The summed E-state index contributed by atoms with van der Waals surface area (Å²) in [5.41, 5.74) is 5.09. The lowest BCUT2D eigenvalue weighted by atomic mass is 9.99. The number of nitrogens with one attached hydrogen (secondary N) is 1. The molecule has 1 aliphatic rings. The molecular weight excluding hydrogens is 422 g/mol. The predicted molar refractivity (Wildman–Crippen MR) is 124 cm³/mol. The Morgan fingerprint density at radius 2 is 1.82 bits per heavy atom. The zero-order valence-electron chi connectivity index (χ0n) is 19.9. The molecule has 2 amide bonds. The number of nitrogens with zero attached hydrogens (tertiary/aromatic N) is 6. The van der Waals surface area contributed by atoms with Crippen LogP contribution < -0.4 is 5.32 Å². The first-order valence-corrected chi connectivity index (χ1v) is 11.3. The SMILES string of the molecule is Cc1cc(NC(=O)CN2CCN(C(=O)CCc3c(C)nc4c(c(C)nn4C)c3C)CC2)no1. The molecule has 33 heavy (non-hydrogen) atoms. The van der Waals surface area contributed by atoms with Gasteiger partial charge >= 0.3 is 0 Å². The molecule has 1 aliphatic heterocycles. The van der Waals surface area contributed by atoms with E-state index in [9.17, 15) is 9.59 Å². The number of rotatable bonds is 6. The Morgan fingerprint density at radius 3 is 2.48 bits per heavy atom. The molecule has 176 valence electrons. The van der Waals surface area contributed by atoms with Crippen molar-refractivity contribution in [3.63, 3.8) is 0 Å². The molecule has 10 heteroatoms. The van der Waals surface area contributed by atoms with Crippen molar-refractivity contribution in [1.82, 2.24) is 29.7 Å². The van der Waals surface area contributed by atoms with E-state index in [2.05, 4.69) is 22.5 Å². The van der Waals surface area contributed by atoms with Crippen LogP contribution in [0.5, 0.6) is 0 Å². The van der Waals surface area contributed by atoms with Gasteiger partial charge in [-0.25, -0.2) is 4.98 Å². The molecule has 0 atom stereocenters. The summed E-state index contributed by atoms with van der Waals surface area (Å²) in [7, 11) is 1.91. The monoisotopic (exact) mass is 453 g/mol. The molecule has 0 aromatic carbocycles. The van der Waals surface area contributed by atoms with Crippen LogP contribution in [-0.4, -0.2) is 74.3 Å². The van der Waals surface area contributed by atoms with Crippen molar-refractivity contribution in [3.05, 3.63) is 34.3 Å². The molecule has 4 heterocycles. The number of amides is 2. The molecular formula is C23H31N7O3. The Balaban J connectivity index is 1.29. The number of carbonyl (C=O) groups excluding carboxylic acids is 2. The number of fused-ring (bicyclic) bond motifs is 1. The fraction of sp³-hybridized carbons (Fsp3) is 0.522. The smallest absolute Gasteiger partial charge is 0.239 e. The number of carbonyl (C=O) groups is 2. The highest BCUT2D eigenvalue weighted by molar-refractivity contribution is 5.91. The van der Waals surface area contributed by atoms with Gasteiger partial charge in [-0.1, -0.05) is 5.16 Å². The first kappa shape index (κ1) is 22.9. The predicted octanol–water partition coefficient (Wildman–Crippen LogP) is 1.91. The third-order valence-electron chi connectivity index (χ3n) is 6.31. The number of hydrogen-bond donors (Lipinski definition) is 1. The summed E-state index contributed by atoms with van der Waals surface area (Å²) in [6.45, 7) is 10.7. The van der Waals surface area contributed by atoms with Crippen LogP contribution in [0.1, 0.15) is 34.7 Å². The van der Waals surface area contributed by atoms with E-state index in [0.717, 1.165) is 33.5 Å². The number of aryl methyl sites for hydroxylation is 5. The maximum Gasteiger partial charge on any atom is 0.239 e. The van der Waals surface area contributed by atoms with Crippen molar-refractivity contribution >= 4 is 28.7 Å². The number of anilines is 1. The Kier molecular flexibility index (Phi) is 6.46. The van der Waals surface area contributed by atoms with Gasteiger partial charge < -0.3 is 14.7 Å². The average Bonchev–Trinajstić information content (AvgIpc) is 3.29. The van der Waals surface area contributed by atoms with Crippen LogP contribution in [0.25, 0.3) is 11.0 Å².